The fraction of sp³-hybridized carbons (Fsp3) is 0.500. The molecule has 1 aromatic rings. The fourth-order valence-corrected chi connectivity index (χ4v) is 1.87. The van der Waals surface area contributed by atoms with Gasteiger partial charge in [0.2, 0.25) is 0 Å². The highest BCUT2D eigenvalue weighted by Crippen LogP contribution is 2.20. The van der Waals surface area contributed by atoms with Crippen molar-refractivity contribution in [2.24, 2.45) is 5.92 Å². The summed E-state index contributed by atoms with van der Waals surface area (Å²) in [6, 6.07) is 5.83. The molecule has 0 heterocycles. The van der Waals surface area contributed by atoms with Crippen LogP contribution >= 0.6 is 11.6 Å². The largest absolute Gasteiger partial charge is 0.398 e. The second-order valence-corrected chi connectivity index (χ2v) is 4.85. The first-order chi connectivity index (χ1) is 6.99. The summed E-state index contributed by atoms with van der Waals surface area (Å²) < 4.78 is 0. The Kier molecular flexibility index (Phi) is 4.43. The lowest BCUT2D eigenvalue weighted by Gasteiger charge is -2.19. The van der Waals surface area contributed by atoms with Crippen LogP contribution in [0.2, 0.25) is 5.02 Å². The number of hydrogen-bond donors (Lipinski definition) is 1. The van der Waals surface area contributed by atoms with Crippen molar-refractivity contribution in [3.63, 3.8) is 0 Å². The van der Waals surface area contributed by atoms with Crippen molar-refractivity contribution >= 4 is 17.3 Å². The Balaban J connectivity index is 2.60. The van der Waals surface area contributed by atoms with E-state index < -0.39 is 0 Å². The summed E-state index contributed by atoms with van der Waals surface area (Å²) in [5.74, 6) is 0.680. The molecule has 0 aromatic heterocycles. The van der Waals surface area contributed by atoms with Gasteiger partial charge in [0.15, 0.2) is 0 Å². The Morgan fingerprint density at radius 2 is 2.07 bits per heavy atom. The van der Waals surface area contributed by atoms with Gasteiger partial charge in [0.25, 0.3) is 0 Å². The summed E-state index contributed by atoms with van der Waals surface area (Å²) in [5.41, 5.74) is 7.51. The molecule has 2 nitrogen and oxygen atoms in total. The van der Waals surface area contributed by atoms with Gasteiger partial charge in [-0.3, -0.25) is 0 Å². The zero-order valence-corrected chi connectivity index (χ0v) is 10.4. The summed E-state index contributed by atoms with van der Waals surface area (Å²) in [6.07, 6.45) is 0. The maximum absolute atomic E-state index is 5.96. The van der Waals surface area contributed by atoms with Gasteiger partial charge in [0.05, 0.1) is 10.7 Å². The van der Waals surface area contributed by atoms with Gasteiger partial charge in [-0.05, 0) is 30.7 Å². The highest BCUT2D eigenvalue weighted by atomic mass is 35.5. The van der Waals surface area contributed by atoms with E-state index in [1.807, 2.05) is 18.2 Å². The van der Waals surface area contributed by atoms with Gasteiger partial charge in [-0.1, -0.05) is 31.5 Å². The van der Waals surface area contributed by atoms with Crippen LogP contribution in [0.3, 0.4) is 0 Å². The molecule has 15 heavy (non-hydrogen) atoms. The third kappa shape index (κ3) is 4.10. The van der Waals surface area contributed by atoms with Crippen LogP contribution in [0.1, 0.15) is 19.4 Å². The number of anilines is 1. The Hall–Kier alpha value is -0.730. The van der Waals surface area contributed by atoms with Crippen LogP contribution in [0.25, 0.3) is 0 Å². The number of rotatable bonds is 4. The minimum atomic E-state index is 0.644. The van der Waals surface area contributed by atoms with Gasteiger partial charge in [0, 0.05) is 13.1 Å². The highest BCUT2D eigenvalue weighted by Gasteiger charge is 2.04. The van der Waals surface area contributed by atoms with Crippen molar-refractivity contribution in [2.45, 2.75) is 20.4 Å². The fourth-order valence-electron chi connectivity index (χ4n) is 1.67. The summed E-state index contributed by atoms with van der Waals surface area (Å²) in [5, 5.41) is 0.644. The molecule has 0 fully saturated rings. The molecule has 2 N–H and O–H groups in total. The molecule has 0 atom stereocenters. The van der Waals surface area contributed by atoms with Crippen molar-refractivity contribution in [3.8, 4) is 0 Å². The van der Waals surface area contributed by atoms with Crippen molar-refractivity contribution < 1.29 is 0 Å². The van der Waals surface area contributed by atoms with Crippen LogP contribution in [0.5, 0.6) is 0 Å². The molecule has 0 saturated heterocycles. The average molecular weight is 227 g/mol. The molecular weight excluding hydrogens is 208 g/mol. The minimum absolute atomic E-state index is 0.644. The number of nitrogens with zero attached hydrogens (tertiary/aromatic N) is 1. The van der Waals surface area contributed by atoms with E-state index in [1.54, 1.807) is 0 Å². The second-order valence-electron chi connectivity index (χ2n) is 4.45. The zero-order valence-electron chi connectivity index (χ0n) is 9.63. The van der Waals surface area contributed by atoms with Crippen LogP contribution in [-0.2, 0) is 6.54 Å². The summed E-state index contributed by atoms with van der Waals surface area (Å²) in [7, 11) is 2.12. The standard InChI is InChI=1S/C12H19ClN2/c1-9(2)7-15(3)8-10-4-5-12(14)11(13)6-10/h4-6,9H,7-8,14H2,1-3H3. The molecule has 0 radical (unpaired) electrons. The summed E-state index contributed by atoms with van der Waals surface area (Å²) in [6.45, 7) is 6.43. The van der Waals surface area contributed by atoms with E-state index in [0.717, 1.165) is 13.1 Å². The maximum Gasteiger partial charge on any atom is 0.0638 e. The molecule has 0 aliphatic heterocycles. The molecule has 0 spiro atoms. The van der Waals surface area contributed by atoms with Crippen molar-refractivity contribution in [1.82, 2.24) is 4.90 Å². The molecule has 1 rings (SSSR count). The number of hydrogen-bond acceptors (Lipinski definition) is 2. The highest BCUT2D eigenvalue weighted by molar-refractivity contribution is 6.33. The van der Waals surface area contributed by atoms with E-state index in [9.17, 15) is 0 Å². The van der Waals surface area contributed by atoms with Crippen molar-refractivity contribution in [1.29, 1.82) is 0 Å². The molecule has 0 aliphatic carbocycles. The Morgan fingerprint density at radius 3 is 2.60 bits per heavy atom. The second kappa shape index (κ2) is 5.38. The van der Waals surface area contributed by atoms with Gasteiger partial charge in [-0.2, -0.15) is 0 Å². The SMILES string of the molecule is CC(C)CN(C)Cc1ccc(N)c(Cl)c1. The van der Waals surface area contributed by atoms with E-state index in [-0.39, 0.29) is 0 Å². The zero-order chi connectivity index (χ0) is 11.4. The smallest absolute Gasteiger partial charge is 0.0638 e. The third-order valence-corrected chi connectivity index (χ3v) is 2.52. The quantitative estimate of drug-likeness (QED) is 0.800. The molecule has 0 unspecified atom stereocenters. The number of nitrogen functional groups attached to an aromatic ring is 1. The lowest BCUT2D eigenvalue weighted by atomic mass is 10.1. The predicted molar refractivity (Wildman–Crippen MR) is 67.0 cm³/mol. The van der Waals surface area contributed by atoms with E-state index in [0.29, 0.717) is 16.6 Å². The molecule has 84 valence electrons. The van der Waals surface area contributed by atoms with Crippen molar-refractivity contribution in [2.75, 3.05) is 19.3 Å². The van der Waals surface area contributed by atoms with E-state index in [4.69, 9.17) is 17.3 Å². The van der Waals surface area contributed by atoms with E-state index >= 15 is 0 Å². The van der Waals surface area contributed by atoms with E-state index in [2.05, 4.69) is 25.8 Å². The normalized spacial score (nSPS) is 11.3. The van der Waals surface area contributed by atoms with Crippen molar-refractivity contribution in [3.05, 3.63) is 28.8 Å². The van der Waals surface area contributed by atoms with Crippen LogP contribution in [0.15, 0.2) is 18.2 Å². The molecule has 0 amide bonds. The number of benzene rings is 1. The van der Waals surface area contributed by atoms with Crippen LogP contribution < -0.4 is 5.73 Å². The minimum Gasteiger partial charge on any atom is -0.398 e. The topological polar surface area (TPSA) is 29.3 Å². The van der Waals surface area contributed by atoms with Gasteiger partial charge in [-0.25, -0.2) is 0 Å². The Bertz CT molecular complexity index is 323. The lowest BCUT2D eigenvalue weighted by molar-refractivity contribution is 0.288. The Morgan fingerprint density at radius 1 is 1.40 bits per heavy atom. The number of halogens is 1. The Labute approximate surface area is 97.0 Å². The molecule has 0 aliphatic rings. The van der Waals surface area contributed by atoms with Gasteiger partial charge in [0.1, 0.15) is 0 Å². The lowest BCUT2D eigenvalue weighted by Crippen LogP contribution is -2.22. The third-order valence-electron chi connectivity index (χ3n) is 2.19. The van der Waals surface area contributed by atoms with Crippen LogP contribution in [0, 0.1) is 5.92 Å². The number of nitrogens with two attached hydrogens (primary N) is 1. The molecule has 0 bridgehead atoms. The summed E-state index contributed by atoms with van der Waals surface area (Å²) in [4.78, 5) is 2.28. The first-order valence-electron chi connectivity index (χ1n) is 5.21. The van der Waals surface area contributed by atoms with Gasteiger partial charge in [-0.15, -0.1) is 0 Å². The molecular formula is C12H19ClN2. The predicted octanol–water partition coefficient (Wildman–Crippen LogP) is 3.01. The molecule has 1 aromatic carbocycles. The van der Waals surface area contributed by atoms with Crippen LogP contribution in [-0.4, -0.2) is 18.5 Å². The van der Waals surface area contributed by atoms with Gasteiger partial charge < -0.3 is 10.6 Å². The van der Waals surface area contributed by atoms with Gasteiger partial charge >= 0.3 is 0 Å². The summed E-state index contributed by atoms with van der Waals surface area (Å²) >= 11 is 5.96. The van der Waals surface area contributed by atoms with E-state index in [1.165, 1.54) is 5.56 Å². The first-order valence-corrected chi connectivity index (χ1v) is 5.59. The first kappa shape index (κ1) is 12.3. The molecule has 0 saturated carbocycles. The maximum atomic E-state index is 5.96. The van der Waals surface area contributed by atoms with Crippen LogP contribution in [0.4, 0.5) is 5.69 Å². The average Bonchev–Trinajstić information content (AvgIpc) is 2.10. The molecule has 3 heteroatoms. The monoisotopic (exact) mass is 226 g/mol.